The molecule has 8 aliphatic carbocycles. The highest BCUT2D eigenvalue weighted by Crippen LogP contribution is 2.52. The molecule has 4 bridgehead atoms. The number of H-pyrrole nitrogens is 2. The minimum absolute atomic E-state index is 0.0318. The molecule has 10 fully saturated rings. The van der Waals surface area contributed by atoms with Crippen LogP contribution in [0.15, 0.2) is 36.4 Å². The Morgan fingerprint density at radius 1 is 0.527 bits per heavy atom. The van der Waals surface area contributed by atoms with Crippen molar-refractivity contribution < 1.29 is 28.7 Å². The van der Waals surface area contributed by atoms with Crippen molar-refractivity contribution in [1.29, 1.82) is 0 Å². The van der Waals surface area contributed by atoms with E-state index in [9.17, 15) is 19.2 Å². The van der Waals surface area contributed by atoms with E-state index >= 15 is 0 Å². The Labute approximate surface area is 438 Å². The lowest BCUT2D eigenvalue weighted by atomic mass is 9.63. The zero-order chi connectivity index (χ0) is 51.4. The Balaban J connectivity index is 0.802. The fraction of sp³-hybridized carbons (Fsp3) is 0.700. The van der Waals surface area contributed by atoms with Crippen molar-refractivity contribution in [3.63, 3.8) is 0 Å². The molecule has 0 spiro atoms. The number of benzene rings is 2. The van der Waals surface area contributed by atoms with Crippen LogP contribution in [-0.2, 0) is 19.1 Å². The van der Waals surface area contributed by atoms with Crippen LogP contribution < -0.4 is 10.6 Å². The molecular formula is C60H84N8O6. The number of ether oxygens (including phenoxy) is 2. The molecule has 2 aromatic carbocycles. The monoisotopic (exact) mass is 1010 g/mol. The highest BCUT2D eigenvalue weighted by molar-refractivity contribution is 5.88. The van der Waals surface area contributed by atoms with Crippen LogP contribution >= 0.6 is 0 Å². The van der Waals surface area contributed by atoms with Crippen molar-refractivity contribution in [3.05, 3.63) is 59.2 Å². The second-order valence-corrected chi connectivity index (χ2v) is 25.0. The van der Waals surface area contributed by atoms with Crippen LogP contribution in [0.1, 0.15) is 203 Å². The van der Waals surface area contributed by atoms with E-state index < -0.39 is 24.3 Å². The van der Waals surface area contributed by atoms with Crippen molar-refractivity contribution >= 4 is 46.1 Å². The molecule has 2 saturated heterocycles. The second kappa shape index (κ2) is 21.5. The first-order chi connectivity index (χ1) is 35.8. The van der Waals surface area contributed by atoms with E-state index in [0.717, 1.165) is 85.1 Å². The van der Waals surface area contributed by atoms with Crippen LogP contribution in [0.3, 0.4) is 0 Å². The molecular weight excluding hydrogens is 929 g/mol. The molecule has 10 atom stereocenters. The SMILES string of the molecule is COC(=O)N[C@H](C(=O)N1[C@H](c2nc3ccc(C4C[C@H]5CCC4CCC4CC[C@H](CC5)C(c5ccc6nc([C@@H]7C[C@@H]8CCCC[C@@H]8N7C(=O)[C@@H](NC(=O)OC)C(C)C)[nH]c6c5)C4)cc3[nH]2)C[C@@H]2CCCC[C@@H]21)C(C)C. The predicted molar refractivity (Wildman–Crippen MR) is 286 cm³/mol. The average Bonchev–Trinajstić information content (AvgIpc) is 4.21. The number of aromatic amines is 2. The number of alkyl carbamates (subject to hydrolysis) is 2. The number of hydrogen-bond acceptors (Lipinski definition) is 8. The van der Waals surface area contributed by atoms with Gasteiger partial charge in [-0.1, -0.05) is 91.2 Å². The van der Waals surface area contributed by atoms with Crippen molar-refractivity contribution in [2.75, 3.05) is 14.2 Å². The molecule has 4 amide bonds. The number of fused-ring (bicyclic) bond motifs is 4. The zero-order valence-corrected chi connectivity index (χ0v) is 45.1. The van der Waals surface area contributed by atoms with Gasteiger partial charge in [0.05, 0.1) is 48.4 Å². The molecule has 4 N–H and O–H groups in total. The van der Waals surface area contributed by atoms with Crippen LogP contribution in [0.2, 0.25) is 0 Å². The maximum Gasteiger partial charge on any atom is 0.407 e. The van der Waals surface area contributed by atoms with Crippen LogP contribution in [0.4, 0.5) is 9.59 Å². The fourth-order valence-corrected chi connectivity index (χ4v) is 16.2. The molecule has 8 saturated carbocycles. The number of nitrogens with one attached hydrogen (secondary N) is 4. The lowest BCUT2D eigenvalue weighted by Gasteiger charge is -2.42. The molecule has 10 aliphatic rings. The molecule has 74 heavy (non-hydrogen) atoms. The Morgan fingerprint density at radius 3 is 1.30 bits per heavy atom. The van der Waals surface area contributed by atoms with Crippen molar-refractivity contribution in [2.24, 2.45) is 47.3 Å². The quantitative estimate of drug-likeness (QED) is 0.121. The van der Waals surface area contributed by atoms with E-state index in [-0.39, 0.29) is 47.8 Å². The zero-order valence-electron chi connectivity index (χ0n) is 45.1. The van der Waals surface area contributed by atoms with E-state index in [1.165, 1.54) is 102 Å². The van der Waals surface area contributed by atoms with E-state index in [2.05, 4.69) is 66.8 Å². The molecule has 14 nitrogen and oxygen atoms in total. The summed E-state index contributed by atoms with van der Waals surface area (Å²) in [5, 5.41) is 5.73. The third kappa shape index (κ3) is 9.93. The molecule has 2 aromatic heterocycles. The lowest BCUT2D eigenvalue weighted by Crippen LogP contribution is -2.53. The van der Waals surface area contributed by atoms with Gasteiger partial charge in [-0.3, -0.25) is 9.59 Å². The number of aromatic nitrogens is 4. The predicted octanol–water partition coefficient (Wildman–Crippen LogP) is 12.1. The largest absolute Gasteiger partial charge is 0.453 e. The van der Waals surface area contributed by atoms with Crippen LogP contribution in [-0.4, -0.2) is 92.1 Å². The van der Waals surface area contributed by atoms with Gasteiger partial charge in [0.25, 0.3) is 0 Å². The van der Waals surface area contributed by atoms with Gasteiger partial charge < -0.3 is 39.9 Å². The van der Waals surface area contributed by atoms with Crippen LogP contribution in [0.25, 0.3) is 22.1 Å². The van der Waals surface area contributed by atoms with Crippen LogP contribution in [0.5, 0.6) is 0 Å². The minimum atomic E-state index is -0.665. The summed E-state index contributed by atoms with van der Waals surface area (Å²) in [6, 6.07) is 12.7. The highest BCUT2D eigenvalue weighted by Gasteiger charge is 2.50. The summed E-state index contributed by atoms with van der Waals surface area (Å²) in [5.41, 5.74) is 6.93. The molecule has 4 heterocycles. The first-order valence-corrected chi connectivity index (χ1v) is 29.2. The van der Waals surface area contributed by atoms with E-state index in [1.807, 2.05) is 27.7 Å². The van der Waals surface area contributed by atoms with Gasteiger partial charge in [0.15, 0.2) is 0 Å². The van der Waals surface area contributed by atoms with Gasteiger partial charge in [0, 0.05) is 12.1 Å². The minimum Gasteiger partial charge on any atom is -0.453 e. The summed E-state index contributed by atoms with van der Waals surface area (Å²) < 4.78 is 9.91. The van der Waals surface area contributed by atoms with Gasteiger partial charge in [0.2, 0.25) is 11.8 Å². The van der Waals surface area contributed by atoms with E-state index in [0.29, 0.717) is 47.3 Å². The van der Waals surface area contributed by atoms with Crippen molar-refractivity contribution in [3.8, 4) is 0 Å². The number of carbonyl (C=O) groups excluding carboxylic acids is 4. The first kappa shape index (κ1) is 51.0. The Hall–Kier alpha value is -5.14. The van der Waals surface area contributed by atoms with Gasteiger partial charge in [-0.25, -0.2) is 19.6 Å². The van der Waals surface area contributed by atoms with Gasteiger partial charge in [-0.15, -0.1) is 0 Å². The molecule has 400 valence electrons. The standard InChI is InChI=1S/C60H84N8O6/c1-33(2)53(65-59(71)73-5)57(69)67-49-13-9-7-11-41(49)31-51(67)55-61-45-25-23-39(29-47(45)63-55)43-27-35-15-19-37(43)21-17-36-16-20-38(22-18-35)44(28-36)40-24-26-46-48(30-40)64-56(62-46)52-32-42-12-8-10-14-50(42)68(52)58(70)54(34(3)4)66-60(72)74-6/h23-26,29-30,33-38,41-44,49-54H,7-22,27-28,31-32H2,1-6H3,(H,61,63)(H,62,64)(H,65,71)(H,66,72)/t35-,36?,37?,38+,41-,42-,43?,44?,49-,50-,51-,52-,53-,54-/m0/s1. The number of likely N-dealkylation sites (tertiary alicyclic amines) is 2. The Kier molecular flexibility index (Phi) is 14.8. The van der Waals surface area contributed by atoms with Gasteiger partial charge in [-0.2, -0.15) is 0 Å². The van der Waals surface area contributed by atoms with E-state index in [1.54, 1.807) is 0 Å². The number of imidazole rings is 2. The van der Waals surface area contributed by atoms with Gasteiger partial charge in [-0.05, 0) is 172 Å². The number of hydrogen-bond donors (Lipinski definition) is 4. The normalized spacial score (nSPS) is 31.9. The molecule has 0 radical (unpaired) electrons. The summed E-state index contributed by atoms with van der Waals surface area (Å²) in [6.45, 7) is 7.94. The topological polar surface area (TPSA) is 175 Å². The second-order valence-electron chi connectivity index (χ2n) is 25.0. The Morgan fingerprint density at radius 2 is 0.919 bits per heavy atom. The molecule has 14 rings (SSSR count). The molecule has 2 aliphatic heterocycles. The Bertz CT molecular complexity index is 2500. The lowest BCUT2D eigenvalue weighted by molar-refractivity contribution is -0.139. The van der Waals surface area contributed by atoms with Crippen LogP contribution in [0, 0.1) is 47.3 Å². The number of methoxy groups -OCH3 is 2. The summed E-state index contributed by atoms with van der Waals surface area (Å²) >= 11 is 0. The summed E-state index contributed by atoms with van der Waals surface area (Å²) in [6.07, 6.45) is 22.2. The van der Waals surface area contributed by atoms with Crippen molar-refractivity contribution in [1.82, 2.24) is 40.4 Å². The van der Waals surface area contributed by atoms with Crippen molar-refractivity contribution in [2.45, 2.75) is 204 Å². The third-order valence-electron chi connectivity index (χ3n) is 20.1. The number of nitrogens with zero attached hydrogens (tertiary/aromatic N) is 4. The maximum atomic E-state index is 14.5. The fourth-order valence-electron chi connectivity index (χ4n) is 16.2. The van der Waals surface area contributed by atoms with Gasteiger partial charge in [0.1, 0.15) is 23.7 Å². The molecule has 2 unspecified atom stereocenters. The number of rotatable bonds is 10. The summed E-state index contributed by atoms with van der Waals surface area (Å²) in [7, 11) is 2.70. The van der Waals surface area contributed by atoms with E-state index in [4.69, 9.17) is 19.4 Å². The summed E-state index contributed by atoms with van der Waals surface area (Å²) in [4.78, 5) is 76.1. The number of carbonyl (C=O) groups is 4. The smallest absolute Gasteiger partial charge is 0.407 e. The van der Waals surface area contributed by atoms with Gasteiger partial charge >= 0.3 is 12.2 Å². The highest BCUT2D eigenvalue weighted by atomic mass is 16.5. The third-order valence-corrected chi connectivity index (χ3v) is 20.1. The first-order valence-electron chi connectivity index (χ1n) is 29.2. The summed E-state index contributed by atoms with van der Waals surface area (Å²) in [5.74, 6) is 6.12. The molecule has 4 aromatic rings. The maximum absolute atomic E-state index is 14.5. The molecule has 14 heteroatoms. The average molecular weight is 1010 g/mol. The number of amides is 4.